The lowest BCUT2D eigenvalue weighted by molar-refractivity contribution is -0.119. The van der Waals surface area contributed by atoms with Crippen LogP contribution in [0.2, 0.25) is 0 Å². The molecule has 0 radical (unpaired) electrons. The number of alkyl halides is 1. The summed E-state index contributed by atoms with van der Waals surface area (Å²) in [5.41, 5.74) is 6.97. The fraction of sp³-hybridized carbons (Fsp3) is 0.429. The van der Waals surface area contributed by atoms with Crippen LogP contribution in [0.15, 0.2) is 29.3 Å². The Hall–Kier alpha value is -1.55. The molecule has 1 aromatic rings. The van der Waals surface area contributed by atoms with Gasteiger partial charge in [-0.15, -0.1) is 11.6 Å². The third-order valence-corrected chi connectivity index (χ3v) is 3.56. The molecule has 0 atom stereocenters. The smallest absolute Gasteiger partial charge is 0.227 e. The maximum atomic E-state index is 12.1. The van der Waals surface area contributed by atoms with Gasteiger partial charge in [0, 0.05) is 5.92 Å². The summed E-state index contributed by atoms with van der Waals surface area (Å²) in [6.07, 6.45) is 4.22. The van der Waals surface area contributed by atoms with E-state index in [4.69, 9.17) is 17.3 Å². The van der Waals surface area contributed by atoms with Crippen LogP contribution in [0, 0.1) is 5.92 Å². The van der Waals surface area contributed by atoms with Crippen LogP contribution in [0.25, 0.3) is 0 Å². The summed E-state index contributed by atoms with van der Waals surface area (Å²) in [4.78, 5) is 16.3. The molecule has 0 unspecified atom stereocenters. The van der Waals surface area contributed by atoms with Crippen LogP contribution in [0.5, 0.6) is 0 Å². The summed E-state index contributed by atoms with van der Waals surface area (Å²) >= 11 is 5.62. The van der Waals surface area contributed by atoms with Crippen molar-refractivity contribution in [3.05, 3.63) is 24.3 Å². The van der Waals surface area contributed by atoms with Gasteiger partial charge in [-0.05, 0) is 25.0 Å². The van der Waals surface area contributed by atoms with Gasteiger partial charge in [-0.1, -0.05) is 25.0 Å². The normalized spacial score (nSPS) is 16.6. The Kier molecular flexibility index (Phi) is 4.80. The van der Waals surface area contributed by atoms with Gasteiger partial charge in [0.15, 0.2) is 0 Å². The highest BCUT2D eigenvalue weighted by atomic mass is 35.5. The number of carbonyl (C=O) groups is 1. The van der Waals surface area contributed by atoms with Crippen molar-refractivity contribution in [2.24, 2.45) is 16.6 Å². The highest BCUT2D eigenvalue weighted by Gasteiger charge is 2.23. The van der Waals surface area contributed by atoms with Gasteiger partial charge < -0.3 is 11.1 Å². The van der Waals surface area contributed by atoms with E-state index in [2.05, 4.69) is 10.3 Å². The molecule has 0 saturated heterocycles. The Bertz CT molecular complexity index is 481. The summed E-state index contributed by atoms with van der Waals surface area (Å²) in [6.45, 7) is 0. The Morgan fingerprint density at radius 2 is 2.05 bits per heavy atom. The number of benzene rings is 1. The molecule has 102 valence electrons. The van der Waals surface area contributed by atoms with Crippen molar-refractivity contribution < 1.29 is 4.79 Å². The first-order chi connectivity index (χ1) is 9.20. The Labute approximate surface area is 118 Å². The third-order valence-electron chi connectivity index (χ3n) is 3.29. The number of amides is 1. The van der Waals surface area contributed by atoms with E-state index in [1.54, 1.807) is 0 Å². The molecule has 0 bridgehead atoms. The maximum Gasteiger partial charge on any atom is 0.227 e. The average molecular weight is 280 g/mol. The summed E-state index contributed by atoms with van der Waals surface area (Å²) in [7, 11) is 0. The second-order valence-corrected chi connectivity index (χ2v) is 4.99. The van der Waals surface area contributed by atoms with E-state index >= 15 is 0 Å². The number of halogens is 1. The first kappa shape index (κ1) is 13.9. The molecule has 1 fully saturated rings. The number of nitrogens with zero attached hydrogens (tertiary/aromatic N) is 1. The molecule has 1 aliphatic rings. The first-order valence-electron chi connectivity index (χ1n) is 6.49. The van der Waals surface area contributed by atoms with Gasteiger partial charge in [-0.25, -0.2) is 4.99 Å². The topological polar surface area (TPSA) is 67.5 Å². The van der Waals surface area contributed by atoms with Crippen LogP contribution < -0.4 is 11.1 Å². The molecule has 0 aliphatic heterocycles. The molecule has 0 aromatic heterocycles. The molecular weight excluding hydrogens is 262 g/mol. The standard InChI is InChI=1S/C14H18ClN3O/c15-9-13(16)17-11-7-3-4-8-12(11)18-14(19)10-5-1-2-6-10/h3-4,7-8,10H,1-2,5-6,9H2,(H2,16,17)(H,18,19). The molecule has 0 spiro atoms. The molecule has 5 heteroatoms. The minimum Gasteiger partial charge on any atom is -0.386 e. The second kappa shape index (κ2) is 6.57. The minimum atomic E-state index is 0.0737. The van der Waals surface area contributed by atoms with E-state index in [0.29, 0.717) is 17.2 Å². The monoisotopic (exact) mass is 279 g/mol. The number of rotatable bonds is 4. The highest BCUT2D eigenvalue weighted by molar-refractivity contribution is 6.28. The Balaban J connectivity index is 2.13. The van der Waals surface area contributed by atoms with E-state index in [0.717, 1.165) is 25.7 Å². The Morgan fingerprint density at radius 3 is 2.74 bits per heavy atom. The molecule has 4 nitrogen and oxygen atoms in total. The van der Waals surface area contributed by atoms with Crippen LogP contribution >= 0.6 is 11.6 Å². The molecule has 19 heavy (non-hydrogen) atoms. The SMILES string of the molecule is NC(CCl)=Nc1ccccc1NC(=O)C1CCCC1. The number of hydrogen-bond donors (Lipinski definition) is 2. The highest BCUT2D eigenvalue weighted by Crippen LogP contribution is 2.29. The fourth-order valence-corrected chi connectivity index (χ4v) is 2.34. The lowest BCUT2D eigenvalue weighted by Gasteiger charge is -2.12. The van der Waals surface area contributed by atoms with Gasteiger partial charge in [-0.3, -0.25) is 4.79 Å². The second-order valence-electron chi connectivity index (χ2n) is 4.72. The number of carbonyl (C=O) groups excluding carboxylic acids is 1. The van der Waals surface area contributed by atoms with Gasteiger partial charge in [-0.2, -0.15) is 0 Å². The summed E-state index contributed by atoms with van der Waals surface area (Å²) < 4.78 is 0. The zero-order valence-corrected chi connectivity index (χ0v) is 11.5. The van der Waals surface area contributed by atoms with Gasteiger partial charge >= 0.3 is 0 Å². The van der Waals surface area contributed by atoms with Gasteiger partial charge in [0.25, 0.3) is 0 Å². The van der Waals surface area contributed by atoms with E-state index in [1.807, 2.05) is 24.3 Å². The van der Waals surface area contributed by atoms with Crippen LogP contribution in [0.3, 0.4) is 0 Å². The minimum absolute atomic E-state index is 0.0737. The number of amidine groups is 1. The van der Waals surface area contributed by atoms with E-state index in [1.165, 1.54) is 0 Å². The van der Waals surface area contributed by atoms with Crippen LogP contribution in [-0.2, 0) is 4.79 Å². The first-order valence-corrected chi connectivity index (χ1v) is 7.03. The van der Waals surface area contributed by atoms with Gasteiger partial charge in [0.1, 0.15) is 5.84 Å². The largest absolute Gasteiger partial charge is 0.386 e. The predicted octanol–water partition coefficient (Wildman–Crippen LogP) is 3.04. The Morgan fingerprint density at radius 1 is 1.37 bits per heavy atom. The van der Waals surface area contributed by atoms with Crippen molar-refractivity contribution in [3.8, 4) is 0 Å². The molecule has 1 aromatic carbocycles. The number of aliphatic imine (C=N–C) groups is 1. The van der Waals surface area contributed by atoms with Gasteiger partial charge in [0.2, 0.25) is 5.91 Å². The number of hydrogen-bond acceptors (Lipinski definition) is 2. The van der Waals surface area contributed by atoms with Gasteiger partial charge in [0.05, 0.1) is 17.3 Å². The quantitative estimate of drug-likeness (QED) is 0.505. The zero-order chi connectivity index (χ0) is 13.7. The van der Waals surface area contributed by atoms with E-state index in [-0.39, 0.29) is 17.7 Å². The zero-order valence-electron chi connectivity index (χ0n) is 10.7. The van der Waals surface area contributed by atoms with Crippen molar-refractivity contribution in [1.82, 2.24) is 0 Å². The van der Waals surface area contributed by atoms with E-state index in [9.17, 15) is 4.79 Å². The molecule has 0 heterocycles. The summed E-state index contributed by atoms with van der Waals surface area (Å²) in [6, 6.07) is 7.35. The number of para-hydroxylation sites is 2. The lowest BCUT2D eigenvalue weighted by Crippen LogP contribution is -2.20. The molecule has 1 aliphatic carbocycles. The van der Waals surface area contributed by atoms with Crippen LogP contribution in [0.4, 0.5) is 11.4 Å². The van der Waals surface area contributed by atoms with Crippen LogP contribution in [0.1, 0.15) is 25.7 Å². The summed E-state index contributed by atoms with van der Waals surface area (Å²) in [5, 5.41) is 2.94. The summed E-state index contributed by atoms with van der Waals surface area (Å²) in [5.74, 6) is 0.710. The van der Waals surface area contributed by atoms with Crippen molar-refractivity contribution in [2.75, 3.05) is 11.2 Å². The molecule has 1 amide bonds. The fourth-order valence-electron chi connectivity index (χ4n) is 2.28. The molecule has 3 N–H and O–H groups in total. The van der Waals surface area contributed by atoms with Crippen molar-refractivity contribution in [2.45, 2.75) is 25.7 Å². The molecular formula is C14H18ClN3O. The maximum absolute atomic E-state index is 12.1. The predicted molar refractivity (Wildman–Crippen MR) is 79.0 cm³/mol. The van der Waals surface area contributed by atoms with Crippen LogP contribution in [-0.4, -0.2) is 17.6 Å². The molecule has 2 rings (SSSR count). The van der Waals surface area contributed by atoms with Crippen molar-refractivity contribution >= 4 is 34.7 Å². The molecule has 1 saturated carbocycles. The average Bonchev–Trinajstić information content (AvgIpc) is 2.95. The number of anilines is 1. The third kappa shape index (κ3) is 3.70. The van der Waals surface area contributed by atoms with Crippen molar-refractivity contribution in [1.29, 1.82) is 0 Å². The number of nitrogens with two attached hydrogens (primary N) is 1. The number of nitrogens with one attached hydrogen (secondary N) is 1. The van der Waals surface area contributed by atoms with Crippen molar-refractivity contribution in [3.63, 3.8) is 0 Å². The lowest BCUT2D eigenvalue weighted by atomic mass is 10.1. The van der Waals surface area contributed by atoms with E-state index < -0.39 is 0 Å².